The monoisotopic (exact) mass is 233 g/mol. The average molecular weight is 233 g/mol. The van der Waals surface area contributed by atoms with Gasteiger partial charge in [-0.3, -0.25) is 0 Å². The van der Waals surface area contributed by atoms with Crippen molar-refractivity contribution in [2.45, 2.75) is 25.8 Å². The zero-order valence-electron chi connectivity index (χ0n) is 9.82. The molecule has 2 N–H and O–H groups in total. The maximum absolute atomic E-state index is 13.1. The molecule has 0 bridgehead atoms. The number of nitrogens with two attached hydrogens (primary N) is 1. The minimum absolute atomic E-state index is 0.157. The van der Waals surface area contributed by atoms with E-state index in [4.69, 9.17) is 10.2 Å². The molecule has 17 heavy (non-hydrogen) atoms. The smallest absolute Gasteiger partial charge is 0.123 e. The van der Waals surface area contributed by atoms with Crippen LogP contribution in [0, 0.1) is 12.7 Å². The van der Waals surface area contributed by atoms with E-state index in [1.165, 1.54) is 12.1 Å². The van der Waals surface area contributed by atoms with Crippen molar-refractivity contribution in [1.29, 1.82) is 0 Å². The van der Waals surface area contributed by atoms with Crippen LogP contribution in [0.4, 0.5) is 4.39 Å². The molecule has 2 aromatic rings. The maximum Gasteiger partial charge on any atom is 0.123 e. The SMILES string of the molecule is Cc1ccc(F)cc1C(N)CCc1ccco1. The second kappa shape index (κ2) is 5.15. The third-order valence-corrected chi connectivity index (χ3v) is 2.92. The molecule has 1 unspecified atom stereocenters. The van der Waals surface area contributed by atoms with Crippen molar-refractivity contribution in [3.8, 4) is 0 Å². The van der Waals surface area contributed by atoms with E-state index in [1.807, 2.05) is 19.1 Å². The van der Waals surface area contributed by atoms with E-state index in [-0.39, 0.29) is 11.9 Å². The van der Waals surface area contributed by atoms with E-state index >= 15 is 0 Å². The highest BCUT2D eigenvalue weighted by Gasteiger charge is 2.10. The first kappa shape index (κ1) is 11.9. The molecule has 0 spiro atoms. The standard InChI is InChI=1S/C14H16FNO/c1-10-4-5-11(15)9-13(10)14(16)7-6-12-3-2-8-17-12/h2-5,8-9,14H,6-7,16H2,1H3. The summed E-state index contributed by atoms with van der Waals surface area (Å²) in [4.78, 5) is 0. The molecule has 1 aromatic heterocycles. The number of rotatable bonds is 4. The van der Waals surface area contributed by atoms with Gasteiger partial charge in [-0.25, -0.2) is 4.39 Å². The molecule has 1 aromatic carbocycles. The van der Waals surface area contributed by atoms with Crippen molar-refractivity contribution in [2.24, 2.45) is 5.73 Å². The van der Waals surface area contributed by atoms with Crippen LogP contribution in [-0.2, 0) is 6.42 Å². The molecule has 0 aliphatic heterocycles. The van der Waals surface area contributed by atoms with Crippen LogP contribution in [0.1, 0.15) is 29.3 Å². The fourth-order valence-electron chi connectivity index (χ4n) is 1.92. The molecular formula is C14H16FNO. The Hall–Kier alpha value is -1.61. The van der Waals surface area contributed by atoms with Crippen LogP contribution >= 0.6 is 0 Å². The molecule has 0 amide bonds. The highest BCUT2D eigenvalue weighted by molar-refractivity contribution is 5.29. The summed E-state index contributed by atoms with van der Waals surface area (Å²) in [7, 11) is 0. The second-order valence-electron chi connectivity index (χ2n) is 4.23. The fraction of sp³-hybridized carbons (Fsp3) is 0.286. The van der Waals surface area contributed by atoms with Crippen molar-refractivity contribution in [3.05, 3.63) is 59.3 Å². The van der Waals surface area contributed by atoms with E-state index < -0.39 is 0 Å². The molecule has 0 fully saturated rings. The molecule has 3 heteroatoms. The van der Waals surface area contributed by atoms with Gasteiger partial charge in [0, 0.05) is 12.5 Å². The van der Waals surface area contributed by atoms with E-state index in [0.29, 0.717) is 0 Å². The van der Waals surface area contributed by atoms with Gasteiger partial charge in [0.15, 0.2) is 0 Å². The number of halogens is 1. The van der Waals surface area contributed by atoms with Gasteiger partial charge in [-0.15, -0.1) is 0 Å². The molecule has 2 nitrogen and oxygen atoms in total. The van der Waals surface area contributed by atoms with Gasteiger partial charge in [0.25, 0.3) is 0 Å². The van der Waals surface area contributed by atoms with E-state index in [1.54, 1.807) is 12.3 Å². The van der Waals surface area contributed by atoms with Gasteiger partial charge >= 0.3 is 0 Å². The van der Waals surface area contributed by atoms with E-state index in [0.717, 1.165) is 29.7 Å². The van der Waals surface area contributed by atoms with Gasteiger partial charge in [0.1, 0.15) is 11.6 Å². The van der Waals surface area contributed by atoms with Crippen LogP contribution in [-0.4, -0.2) is 0 Å². The van der Waals surface area contributed by atoms with E-state index in [9.17, 15) is 4.39 Å². The van der Waals surface area contributed by atoms with Crippen LogP contribution in [0.25, 0.3) is 0 Å². The summed E-state index contributed by atoms with van der Waals surface area (Å²) in [6.07, 6.45) is 3.16. The van der Waals surface area contributed by atoms with Gasteiger partial charge in [-0.1, -0.05) is 6.07 Å². The lowest BCUT2D eigenvalue weighted by Crippen LogP contribution is -2.13. The Morgan fingerprint density at radius 2 is 2.18 bits per heavy atom. The molecule has 1 heterocycles. The lowest BCUT2D eigenvalue weighted by atomic mass is 9.98. The van der Waals surface area contributed by atoms with Crippen molar-refractivity contribution in [3.63, 3.8) is 0 Å². The third-order valence-electron chi connectivity index (χ3n) is 2.92. The minimum Gasteiger partial charge on any atom is -0.469 e. The molecule has 0 aliphatic carbocycles. The predicted molar refractivity (Wildman–Crippen MR) is 65.1 cm³/mol. The minimum atomic E-state index is -0.237. The Bertz CT molecular complexity index is 479. The highest BCUT2D eigenvalue weighted by atomic mass is 19.1. The Kier molecular flexibility index (Phi) is 3.59. The topological polar surface area (TPSA) is 39.2 Å². The number of aryl methyl sites for hydroxylation is 2. The number of hydrogen-bond donors (Lipinski definition) is 1. The molecule has 0 aliphatic rings. The quantitative estimate of drug-likeness (QED) is 0.879. The predicted octanol–water partition coefficient (Wildman–Crippen LogP) is 3.36. The molecule has 0 radical (unpaired) electrons. The Morgan fingerprint density at radius 1 is 1.35 bits per heavy atom. The number of furan rings is 1. The van der Waals surface area contributed by atoms with Crippen molar-refractivity contribution >= 4 is 0 Å². The summed E-state index contributed by atoms with van der Waals surface area (Å²) >= 11 is 0. The Labute approximate surface area is 100 Å². The molecular weight excluding hydrogens is 217 g/mol. The van der Waals surface area contributed by atoms with Gasteiger partial charge in [0.05, 0.1) is 6.26 Å². The molecule has 0 saturated carbocycles. The first-order valence-electron chi connectivity index (χ1n) is 5.71. The van der Waals surface area contributed by atoms with E-state index in [2.05, 4.69) is 0 Å². The molecule has 2 rings (SSSR count). The van der Waals surface area contributed by atoms with Crippen molar-refractivity contribution in [2.75, 3.05) is 0 Å². The summed E-state index contributed by atoms with van der Waals surface area (Å²) in [6.45, 7) is 1.95. The van der Waals surface area contributed by atoms with Crippen LogP contribution in [0.2, 0.25) is 0 Å². The first-order valence-corrected chi connectivity index (χ1v) is 5.71. The first-order chi connectivity index (χ1) is 8.16. The van der Waals surface area contributed by atoms with Crippen LogP contribution in [0.5, 0.6) is 0 Å². The lowest BCUT2D eigenvalue weighted by molar-refractivity contribution is 0.487. The zero-order chi connectivity index (χ0) is 12.3. The molecule has 90 valence electrons. The van der Waals surface area contributed by atoms with Crippen molar-refractivity contribution in [1.82, 2.24) is 0 Å². The Morgan fingerprint density at radius 3 is 2.88 bits per heavy atom. The molecule has 1 atom stereocenters. The van der Waals surface area contributed by atoms with Gasteiger partial charge in [-0.05, 0) is 48.7 Å². The molecule has 0 saturated heterocycles. The maximum atomic E-state index is 13.1. The zero-order valence-corrected chi connectivity index (χ0v) is 9.82. The normalized spacial score (nSPS) is 12.6. The van der Waals surface area contributed by atoms with Crippen LogP contribution in [0.3, 0.4) is 0 Å². The summed E-state index contributed by atoms with van der Waals surface area (Å²) in [5, 5.41) is 0. The summed E-state index contributed by atoms with van der Waals surface area (Å²) in [5.74, 6) is 0.675. The van der Waals surface area contributed by atoms with Crippen LogP contribution < -0.4 is 5.73 Å². The summed E-state index contributed by atoms with van der Waals surface area (Å²) in [6, 6.07) is 8.35. The lowest BCUT2D eigenvalue weighted by Gasteiger charge is -2.14. The fourth-order valence-corrected chi connectivity index (χ4v) is 1.92. The van der Waals surface area contributed by atoms with Gasteiger partial charge in [0.2, 0.25) is 0 Å². The van der Waals surface area contributed by atoms with Crippen molar-refractivity contribution < 1.29 is 8.81 Å². The largest absolute Gasteiger partial charge is 0.469 e. The Balaban J connectivity index is 2.04. The van der Waals surface area contributed by atoms with Crippen LogP contribution in [0.15, 0.2) is 41.0 Å². The third kappa shape index (κ3) is 2.94. The summed E-state index contributed by atoms with van der Waals surface area (Å²) < 4.78 is 18.4. The van der Waals surface area contributed by atoms with Gasteiger partial charge in [-0.2, -0.15) is 0 Å². The van der Waals surface area contributed by atoms with Gasteiger partial charge < -0.3 is 10.2 Å². The average Bonchev–Trinajstić information content (AvgIpc) is 2.82. The number of benzene rings is 1. The highest BCUT2D eigenvalue weighted by Crippen LogP contribution is 2.21. The summed E-state index contributed by atoms with van der Waals surface area (Å²) in [5.41, 5.74) is 7.97. The number of hydrogen-bond acceptors (Lipinski definition) is 2. The second-order valence-corrected chi connectivity index (χ2v) is 4.23.